The second-order valence-electron chi connectivity index (χ2n) is 10.1. The summed E-state index contributed by atoms with van der Waals surface area (Å²) in [6, 6.07) is 0. The molecule has 190 valence electrons. The van der Waals surface area contributed by atoms with Gasteiger partial charge in [0.05, 0.1) is 0 Å². The van der Waals surface area contributed by atoms with Gasteiger partial charge in [0.25, 0.3) is 0 Å². The summed E-state index contributed by atoms with van der Waals surface area (Å²) in [5.74, 6) is 0.525. The highest BCUT2D eigenvalue weighted by Gasteiger charge is 2.41. The summed E-state index contributed by atoms with van der Waals surface area (Å²) in [5.41, 5.74) is 0. The van der Waals surface area contributed by atoms with Crippen LogP contribution in [0.4, 0.5) is 0 Å². The minimum Gasteiger partial charge on any atom is -0.481 e. The smallest absolute Gasteiger partial charge is 0.306 e. The van der Waals surface area contributed by atoms with Crippen molar-refractivity contribution >= 4 is 17.7 Å². The Morgan fingerprint density at radius 2 is 1.70 bits per heavy atom. The molecule has 0 radical (unpaired) electrons. The van der Waals surface area contributed by atoms with Gasteiger partial charge in [-0.25, -0.2) is 0 Å². The van der Waals surface area contributed by atoms with Crippen molar-refractivity contribution in [2.45, 2.75) is 124 Å². The largest absolute Gasteiger partial charge is 0.481 e. The first kappa shape index (κ1) is 29.4. The highest BCUT2D eigenvalue weighted by Crippen LogP contribution is 2.42. The van der Waals surface area contributed by atoms with Crippen LogP contribution in [0.5, 0.6) is 0 Å². The standard InChI is InChI=1S/C28H48O5/c1-5-7-8-12-15-22(33-28(32)6-2)18-19-23-24(26(29)20-25(23)21(3)4)16-13-10-9-11-14-17-27(30)31/h18-19,21-25H,5-17,20H2,1-4H3,(H,30,31)/t22?,23-,24-,25?/m0/s1. The lowest BCUT2D eigenvalue weighted by Gasteiger charge is -2.24. The van der Waals surface area contributed by atoms with Crippen LogP contribution in [0.25, 0.3) is 0 Å². The second kappa shape index (κ2) is 16.9. The maximum atomic E-state index is 12.9. The lowest BCUT2D eigenvalue weighted by atomic mass is 9.80. The summed E-state index contributed by atoms with van der Waals surface area (Å²) >= 11 is 0. The Morgan fingerprint density at radius 3 is 2.33 bits per heavy atom. The molecule has 0 heterocycles. The van der Waals surface area contributed by atoms with E-state index in [1.807, 2.05) is 6.92 Å². The van der Waals surface area contributed by atoms with E-state index in [2.05, 4.69) is 32.9 Å². The van der Waals surface area contributed by atoms with Crippen molar-refractivity contribution in [2.75, 3.05) is 0 Å². The predicted molar refractivity (Wildman–Crippen MR) is 133 cm³/mol. The van der Waals surface area contributed by atoms with Crippen LogP contribution in [0.1, 0.15) is 118 Å². The summed E-state index contributed by atoms with van der Waals surface area (Å²) in [7, 11) is 0. The number of esters is 1. The summed E-state index contributed by atoms with van der Waals surface area (Å²) in [4.78, 5) is 35.4. The Labute approximate surface area is 201 Å². The molecular weight excluding hydrogens is 416 g/mol. The van der Waals surface area contributed by atoms with Gasteiger partial charge >= 0.3 is 11.9 Å². The van der Waals surface area contributed by atoms with E-state index in [1.165, 1.54) is 12.8 Å². The molecule has 0 saturated heterocycles. The number of unbranched alkanes of at least 4 members (excludes halogenated alkanes) is 7. The van der Waals surface area contributed by atoms with E-state index in [1.54, 1.807) is 0 Å². The van der Waals surface area contributed by atoms with Gasteiger partial charge < -0.3 is 9.84 Å². The average Bonchev–Trinajstić information content (AvgIpc) is 3.09. The lowest BCUT2D eigenvalue weighted by Crippen LogP contribution is -2.21. The van der Waals surface area contributed by atoms with Gasteiger partial charge in [0.1, 0.15) is 11.9 Å². The van der Waals surface area contributed by atoms with Crippen LogP contribution < -0.4 is 0 Å². The van der Waals surface area contributed by atoms with E-state index in [4.69, 9.17) is 9.84 Å². The maximum Gasteiger partial charge on any atom is 0.306 e. The van der Waals surface area contributed by atoms with Gasteiger partial charge in [0.15, 0.2) is 0 Å². The van der Waals surface area contributed by atoms with Crippen LogP contribution in [0.3, 0.4) is 0 Å². The first-order valence-electron chi connectivity index (χ1n) is 13.4. The highest BCUT2D eigenvalue weighted by molar-refractivity contribution is 5.84. The van der Waals surface area contributed by atoms with Crippen LogP contribution in [0.2, 0.25) is 0 Å². The second-order valence-corrected chi connectivity index (χ2v) is 10.1. The quantitative estimate of drug-likeness (QED) is 0.133. The van der Waals surface area contributed by atoms with E-state index < -0.39 is 5.97 Å². The fraction of sp³-hybridized carbons (Fsp3) is 0.821. The number of hydrogen-bond acceptors (Lipinski definition) is 4. The van der Waals surface area contributed by atoms with E-state index in [0.29, 0.717) is 30.5 Å². The minimum atomic E-state index is -0.728. The molecule has 1 saturated carbocycles. The van der Waals surface area contributed by atoms with Crippen molar-refractivity contribution < 1.29 is 24.2 Å². The summed E-state index contributed by atoms with van der Waals surface area (Å²) in [5, 5.41) is 8.74. The number of Topliss-reactive ketones (excluding diaryl/α,β-unsaturated/α-hetero) is 1. The molecule has 0 spiro atoms. The van der Waals surface area contributed by atoms with Crippen LogP contribution in [-0.2, 0) is 19.1 Å². The van der Waals surface area contributed by atoms with Crippen LogP contribution >= 0.6 is 0 Å². The Morgan fingerprint density at radius 1 is 1.03 bits per heavy atom. The van der Waals surface area contributed by atoms with E-state index in [9.17, 15) is 14.4 Å². The van der Waals surface area contributed by atoms with E-state index >= 15 is 0 Å². The molecule has 1 fully saturated rings. The lowest BCUT2D eigenvalue weighted by molar-refractivity contribution is -0.146. The highest BCUT2D eigenvalue weighted by atomic mass is 16.5. The number of carboxylic acid groups (broad SMARTS) is 1. The third-order valence-electron chi connectivity index (χ3n) is 7.03. The fourth-order valence-corrected chi connectivity index (χ4v) is 4.99. The zero-order chi connectivity index (χ0) is 24.6. The van der Waals surface area contributed by atoms with Crippen LogP contribution in [-0.4, -0.2) is 28.9 Å². The van der Waals surface area contributed by atoms with Gasteiger partial charge in [-0.3, -0.25) is 14.4 Å². The summed E-state index contributed by atoms with van der Waals surface area (Å²) < 4.78 is 5.70. The molecule has 1 N–H and O–H groups in total. The number of ether oxygens (including phenoxy) is 1. The van der Waals surface area contributed by atoms with Gasteiger partial charge in [0, 0.05) is 25.2 Å². The SMILES string of the molecule is CCCCCCC(C=C[C@@H]1C(C(C)C)CC(=O)[C@H]1CCCCCCCC(=O)O)OC(=O)CC. The van der Waals surface area contributed by atoms with Gasteiger partial charge in [-0.05, 0) is 49.5 Å². The number of rotatable bonds is 18. The van der Waals surface area contributed by atoms with Gasteiger partial charge in [0.2, 0.25) is 0 Å². The number of allylic oxidation sites excluding steroid dienone is 1. The number of carbonyl (C=O) groups is 3. The Hall–Kier alpha value is -1.65. The molecule has 1 aliphatic carbocycles. The molecule has 0 aliphatic heterocycles. The van der Waals surface area contributed by atoms with Crippen LogP contribution in [0, 0.1) is 23.7 Å². The maximum absolute atomic E-state index is 12.9. The molecule has 0 aromatic rings. The van der Waals surface area contributed by atoms with Crippen molar-refractivity contribution in [1.29, 1.82) is 0 Å². The molecule has 2 unspecified atom stereocenters. The normalized spacial score (nSPS) is 21.7. The zero-order valence-corrected chi connectivity index (χ0v) is 21.5. The molecule has 5 nitrogen and oxygen atoms in total. The third-order valence-corrected chi connectivity index (χ3v) is 7.03. The van der Waals surface area contributed by atoms with E-state index in [0.717, 1.165) is 57.8 Å². The topological polar surface area (TPSA) is 80.7 Å². The van der Waals surface area contributed by atoms with Crippen molar-refractivity contribution in [3.05, 3.63) is 12.2 Å². The molecule has 1 rings (SSSR count). The Kier molecular flexibility index (Phi) is 15.0. The number of carbonyl (C=O) groups excluding carboxylic acids is 2. The summed E-state index contributed by atoms with van der Waals surface area (Å²) in [6.07, 6.45) is 16.4. The number of ketones is 1. The third kappa shape index (κ3) is 11.9. The molecule has 1 aliphatic rings. The van der Waals surface area contributed by atoms with Crippen LogP contribution in [0.15, 0.2) is 12.2 Å². The van der Waals surface area contributed by atoms with Crippen molar-refractivity contribution in [2.24, 2.45) is 23.7 Å². The molecule has 0 aromatic carbocycles. The molecule has 0 bridgehead atoms. The molecule has 33 heavy (non-hydrogen) atoms. The molecule has 0 amide bonds. The van der Waals surface area contributed by atoms with Gasteiger partial charge in [-0.2, -0.15) is 0 Å². The number of hydrogen-bond donors (Lipinski definition) is 1. The molecular formula is C28H48O5. The Bertz CT molecular complexity index is 609. The first-order chi connectivity index (χ1) is 15.8. The van der Waals surface area contributed by atoms with Gasteiger partial charge in [-0.1, -0.05) is 78.7 Å². The Balaban J connectivity index is 2.72. The minimum absolute atomic E-state index is 0.0512. The monoisotopic (exact) mass is 464 g/mol. The van der Waals surface area contributed by atoms with Gasteiger partial charge in [-0.15, -0.1) is 0 Å². The van der Waals surface area contributed by atoms with Crippen molar-refractivity contribution in [3.8, 4) is 0 Å². The molecule has 0 aromatic heterocycles. The predicted octanol–water partition coefficient (Wildman–Crippen LogP) is 7.13. The average molecular weight is 465 g/mol. The number of aliphatic carboxylic acids is 1. The molecule has 5 heteroatoms. The first-order valence-corrected chi connectivity index (χ1v) is 13.4. The fourth-order valence-electron chi connectivity index (χ4n) is 4.99. The van der Waals surface area contributed by atoms with Crippen molar-refractivity contribution in [3.63, 3.8) is 0 Å². The zero-order valence-electron chi connectivity index (χ0n) is 21.5. The number of carboxylic acids is 1. The molecule has 4 atom stereocenters. The summed E-state index contributed by atoms with van der Waals surface area (Å²) in [6.45, 7) is 8.40. The van der Waals surface area contributed by atoms with E-state index in [-0.39, 0.29) is 30.3 Å². The van der Waals surface area contributed by atoms with Crippen molar-refractivity contribution in [1.82, 2.24) is 0 Å².